The summed E-state index contributed by atoms with van der Waals surface area (Å²) in [7, 11) is 0. The molecule has 0 atom stereocenters. The van der Waals surface area contributed by atoms with Gasteiger partial charge in [-0.3, -0.25) is 0 Å². The summed E-state index contributed by atoms with van der Waals surface area (Å²) in [4.78, 5) is 0. The Morgan fingerprint density at radius 1 is 0.895 bits per heavy atom. The van der Waals surface area contributed by atoms with Crippen LogP contribution in [0.3, 0.4) is 0 Å². The first kappa shape index (κ1) is 13.7. The Labute approximate surface area is 116 Å². The number of aryl methyl sites for hydroxylation is 3. The lowest BCUT2D eigenvalue weighted by molar-refractivity contribution is 0.922. The zero-order valence-corrected chi connectivity index (χ0v) is 12.2. The lowest BCUT2D eigenvalue weighted by Crippen LogP contribution is -2.03. The summed E-state index contributed by atoms with van der Waals surface area (Å²) in [6.45, 7) is 7.46. The summed E-state index contributed by atoms with van der Waals surface area (Å²) in [5.41, 5.74) is 6.73. The van der Waals surface area contributed by atoms with Gasteiger partial charge in [0.05, 0.1) is 0 Å². The standard InChI is InChI=1S/C18H23N/c1-4-6-16-9-11-17(12-10-16)19-13-18-14(2)7-5-8-15(18)3/h5,7-12,19H,4,6,13H2,1-3H3. The van der Waals surface area contributed by atoms with E-state index in [1.54, 1.807) is 0 Å². The van der Waals surface area contributed by atoms with E-state index in [9.17, 15) is 0 Å². The summed E-state index contributed by atoms with van der Waals surface area (Å²) < 4.78 is 0. The minimum atomic E-state index is 0.894. The largest absolute Gasteiger partial charge is 0.381 e. The second-order valence-electron chi connectivity index (χ2n) is 5.17. The molecule has 0 amide bonds. The summed E-state index contributed by atoms with van der Waals surface area (Å²) in [6.07, 6.45) is 2.37. The van der Waals surface area contributed by atoms with Crippen LogP contribution in [0.15, 0.2) is 42.5 Å². The first-order chi connectivity index (χ1) is 9.20. The SMILES string of the molecule is CCCc1ccc(NCc2c(C)cccc2C)cc1. The first-order valence-corrected chi connectivity index (χ1v) is 7.08. The van der Waals surface area contributed by atoms with Crippen LogP contribution in [0.2, 0.25) is 0 Å². The summed E-state index contributed by atoms with van der Waals surface area (Å²) in [5, 5.41) is 3.51. The maximum Gasteiger partial charge on any atom is 0.0406 e. The molecule has 2 aromatic carbocycles. The highest BCUT2D eigenvalue weighted by Crippen LogP contribution is 2.16. The van der Waals surface area contributed by atoms with Gasteiger partial charge in [0.1, 0.15) is 0 Å². The smallest absolute Gasteiger partial charge is 0.0406 e. The van der Waals surface area contributed by atoms with Crippen molar-refractivity contribution >= 4 is 5.69 Å². The van der Waals surface area contributed by atoms with Crippen molar-refractivity contribution in [1.29, 1.82) is 0 Å². The monoisotopic (exact) mass is 253 g/mol. The molecular formula is C18H23N. The van der Waals surface area contributed by atoms with Gasteiger partial charge in [-0.05, 0) is 54.7 Å². The van der Waals surface area contributed by atoms with E-state index in [0.29, 0.717) is 0 Å². The Balaban J connectivity index is 2.02. The highest BCUT2D eigenvalue weighted by Gasteiger charge is 2.01. The summed E-state index contributed by atoms with van der Waals surface area (Å²) in [5.74, 6) is 0. The van der Waals surface area contributed by atoms with E-state index in [1.165, 1.54) is 34.4 Å². The van der Waals surface area contributed by atoms with Gasteiger partial charge in [0.25, 0.3) is 0 Å². The van der Waals surface area contributed by atoms with Crippen molar-refractivity contribution in [2.45, 2.75) is 40.2 Å². The maximum atomic E-state index is 3.51. The van der Waals surface area contributed by atoms with Crippen LogP contribution in [0.25, 0.3) is 0 Å². The van der Waals surface area contributed by atoms with Crippen molar-refractivity contribution in [3.8, 4) is 0 Å². The third-order valence-electron chi connectivity index (χ3n) is 3.61. The lowest BCUT2D eigenvalue weighted by Gasteiger charge is -2.12. The van der Waals surface area contributed by atoms with Gasteiger partial charge in [0.2, 0.25) is 0 Å². The zero-order valence-electron chi connectivity index (χ0n) is 12.2. The Hall–Kier alpha value is -1.76. The molecule has 0 fully saturated rings. The van der Waals surface area contributed by atoms with Crippen molar-refractivity contribution in [3.05, 3.63) is 64.7 Å². The molecule has 2 aromatic rings. The van der Waals surface area contributed by atoms with Crippen molar-refractivity contribution in [2.75, 3.05) is 5.32 Å². The molecule has 0 aliphatic carbocycles. The molecule has 0 saturated carbocycles. The molecule has 0 heterocycles. The van der Waals surface area contributed by atoms with Crippen LogP contribution in [0.5, 0.6) is 0 Å². The molecule has 19 heavy (non-hydrogen) atoms. The number of hydrogen-bond donors (Lipinski definition) is 1. The fourth-order valence-corrected chi connectivity index (χ4v) is 2.40. The molecule has 0 spiro atoms. The number of nitrogens with one attached hydrogen (secondary N) is 1. The fraction of sp³-hybridized carbons (Fsp3) is 0.333. The van der Waals surface area contributed by atoms with Gasteiger partial charge in [-0.15, -0.1) is 0 Å². The van der Waals surface area contributed by atoms with Gasteiger partial charge in [0.15, 0.2) is 0 Å². The van der Waals surface area contributed by atoms with Gasteiger partial charge in [-0.1, -0.05) is 43.7 Å². The lowest BCUT2D eigenvalue weighted by atomic mass is 10.0. The van der Waals surface area contributed by atoms with E-state index in [4.69, 9.17) is 0 Å². The topological polar surface area (TPSA) is 12.0 Å². The number of rotatable bonds is 5. The van der Waals surface area contributed by atoms with Crippen molar-refractivity contribution < 1.29 is 0 Å². The minimum Gasteiger partial charge on any atom is -0.381 e. The number of benzene rings is 2. The third kappa shape index (κ3) is 3.60. The Kier molecular flexibility index (Phi) is 4.62. The van der Waals surface area contributed by atoms with Gasteiger partial charge in [-0.2, -0.15) is 0 Å². The van der Waals surface area contributed by atoms with E-state index >= 15 is 0 Å². The average Bonchev–Trinajstić information content (AvgIpc) is 2.40. The van der Waals surface area contributed by atoms with Crippen LogP contribution in [0.4, 0.5) is 5.69 Å². The molecule has 1 nitrogen and oxygen atoms in total. The first-order valence-electron chi connectivity index (χ1n) is 7.08. The third-order valence-corrected chi connectivity index (χ3v) is 3.61. The zero-order chi connectivity index (χ0) is 13.7. The second-order valence-corrected chi connectivity index (χ2v) is 5.17. The average molecular weight is 253 g/mol. The molecule has 0 aliphatic rings. The highest BCUT2D eigenvalue weighted by molar-refractivity contribution is 5.46. The van der Waals surface area contributed by atoms with Crippen LogP contribution in [0.1, 0.15) is 35.6 Å². The Morgan fingerprint density at radius 3 is 2.11 bits per heavy atom. The van der Waals surface area contributed by atoms with Crippen molar-refractivity contribution in [3.63, 3.8) is 0 Å². The molecule has 0 unspecified atom stereocenters. The molecule has 100 valence electrons. The van der Waals surface area contributed by atoms with E-state index in [1.807, 2.05) is 0 Å². The number of anilines is 1. The molecule has 2 rings (SSSR count). The Morgan fingerprint density at radius 2 is 1.53 bits per heavy atom. The predicted molar refractivity (Wildman–Crippen MR) is 83.7 cm³/mol. The van der Waals surface area contributed by atoms with Gasteiger partial charge in [0, 0.05) is 12.2 Å². The van der Waals surface area contributed by atoms with Crippen LogP contribution in [-0.2, 0) is 13.0 Å². The normalized spacial score (nSPS) is 10.5. The molecule has 0 radical (unpaired) electrons. The van der Waals surface area contributed by atoms with Gasteiger partial charge in [-0.25, -0.2) is 0 Å². The molecular weight excluding hydrogens is 230 g/mol. The quantitative estimate of drug-likeness (QED) is 0.801. The van der Waals surface area contributed by atoms with Crippen LogP contribution < -0.4 is 5.32 Å². The highest BCUT2D eigenvalue weighted by atomic mass is 14.9. The van der Waals surface area contributed by atoms with Gasteiger partial charge >= 0.3 is 0 Å². The summed E-state index contributed by atoms with van der Waals surface area (Å²) in [6, 6.07) is 15.3. The molecule has 0 aliphatic heterocycles. The van der Waals surface area contributed by atoms with Crippen molar-refractivity contribution in [2.24, 2.45) is 0 Å². The minimum absolute atomic E-state index is 0.894. The van der Waals surface area contributed by atoms with E-state index in [0.717, 1.165) is 13.0 Å². The second kappa shape index (κ2) is 6.42. The molecule has 1 N–H and O–H groups in total. The Bertz CT molecular complexity index is 506. The fourth-order valence-electron chi connectivity index (χ4n) is 2.40. The van der Waals surface area contributed by atoms with E-state index < -0.39 is 0 Å². The maximum absolute atomic E-state index is 3.51. The molecule has 0 aromatic heterocycles. The molecule has 0 saturated heterocycles. The van der Waals surface area contributed by atoms with Crippen molar-refractivity contribution in [1.82, 2.24) is 0 Å². The van der Waals surface area contributed by atoms with Gasteiger partial charge < -0.3 is 5.32 Å². The molecule has 0 bridgehead atoms. The van der Waals surface area contributed by atoms with Crippen LogP contribution in [-0.4, -0.2) is 0 Å². The van der Waals surface area contributed by atoms with E-state index in [2.05, 4.69) is 68.6 Å². The number of hydrogen-bond acceptors (Lipinski definition) is 1. The van der Waals surface area contributed by atoms with Crippen LogP contribution >= 0.6 is 0 Å². The van der Waals surface area contributed by atoms with Crippen LogP contribution in [0, 0.1) is 13.8 Å². The summed E-state index contributed by atoms with van der Waals surface area (Å²) >= 11 is 0. The van der Waals surface area contributed by atoms with E-state index in [-0.39, 0.29) is 0 Å². The predicted octanol–water partition coefficient (Wildman–Crippen LogP) is 4.87. The molecule has 1 heteroatoms.